The topological polar surface area (TPSA) is 93.2 Å². The lowest BCUT2D eigenvalue weighted by molar-refractivity contribution is -0.140. The third kappa shape index (κ3) is 4.40. The summed E-state index contributed by atoms with van der Waals surface area (Å²) in [6.45, 7) is 3.64. The van der Waals surface area contributed by atoms with E-state index in [1.165, 1.54) is 13.2 Å². The van der Waals surface area contributed by atoms with Crippen LogP contribution in [-0.4, -0.2) is 59.3 Å². The average Bonchev–Trinajstić information content (AvgIpc) is 3.07. The Morgan fingerprint density at radius 2 is 1.59 bits per heavy atom. The van der Waals surface area contributed by atoms with Crippen LogP contribution in [0.1, 0.15) is 69.7 Å². The highest BCUT2D eigenvalue weighted by molar-refractivity contribution is 6.21. The minimum atomic E-state index is -0.702. The second kappa shape index (κ2) is 9.67. The summed E-state index contributed by atoms with van der Waals surface area (Å²) in [5.41, 5.74) is 1.41. The molecule has 2 heterocycles. The van der Waals surface area contributed by atoms with Crippen LogP contribution in [0.3, 0.4) is 0 Å². The normalized spacial score (nSPS) is 19.7. The van der Waals surface area contributed by atoms with E-state index in [1.54, 1.807) is 41.3 Å². The number of amides is 3. The van der Waals surface area contributed by atoms with E-state index in [2.05, 4.69) is 0 Å². The molecule has 0 spiro atoms. The molecule has 0 aliphatic carbocycles. The number of likely N-dealkylation sites (tertiary alicyclic amines) is 1. The van der Waals surface area contributed by atoms with Crippen molar-refractivity contribution in [2.75, 3.05) is 13.7 Å². The van der Waals surface area contributed by atoms with Gasteiger partial charge in [-0.2, -0.15) is 0 Å². The predicted octanol–water partition coefficient (Wildman–Crippen LogP) is 3.44. The molecule has 34 heavy (non-hydrogen) atoms. The lowest BCUT2D eigenvalue weighted by Crippen LogP contribution is -2.49. The van der Waals surface area contributed by atoms with E-state index in [-0.39, 0.29) is 54.3 Å². The second-order valence-corrected chi connectivity index (χ2v) is 8.78. The lowest BCUT2D eigenvalue weighted by atomic mass is 9.97. The number of hydrogen-bond acceptors (Lipinski definition) is 6. The molecule has 2 aromatic rings. The number of benzene rings is 2. The summed E-state index contributed by atoms with van der Waals surface area (Å²) in [5.74, 6) is -1.41. The van der Waals surface area contributed by atoms with E-state index in [9.17, 15) is 19.2 Å². The molecule has 0 bridgehead atoms. The molecule has 1 saturated heterocycles. The number of hydrogen-bond donors (Lipinski definition) is 0. The van der Waals surface area contributed by atoms with Crippen molar-refractivity contribution >= 4 is 23.7 Å². The molecule has 0 saturated carbocycles. The van der Waals surface area contributed by atoms with Gasteiger partial charge in [0, 0.05) is 12.1 Å². The molecule has 0 radical (unpaired) electrons. The van der Waals surface area contributed by atoms with Gasteiger partial charge in [0.2, 0.25) is 0 Å². The van der Waals surface area contributed by atoms with Crippen molar-refractivity contribution < 1.29 is 28.7 Å². The molecule has 8 heteroatoms. The molecule has 2 aliphatic rings. The van der Waals surface area contributed by atoms with Crippen LogP contribution in [0.25, 0.3) is 0 Å². The van der Waals surface area contributed by atoms with Crippen molar-refractivity contribution in [3.05, 3.63) is 64.7 Å². The number of fused-ring (bicyclic) bond motifs is 1. The van der Waals surface area contributed by atoms with Crippen LogP contribution in [0.2, 0.25) is 0 Å². The molecule has 178 valence electrons. The molecule has 2 aliphatic heterocycles. The SMILES string of the molecule is COc1ccc(CN2C(=O)c3ccccc3C2=O)cc1C(=O)OCC(=O)N1[C@H](C)CCC[C@@H]1C. The summed E-state index contributed by atoms with van der Waals surface area (Å²) in [4.78, 5) is 53.9. The molecule has 8 nitrogen and oxygen atoms in total. The Morgan fingerprint density at radius 3 is 2.18 bits per heavy atom. The number of carbonyl (C=O) groups is 4. The van der Waals surface area contributed by atoms with Gasteiger partial charge in [-0.15, -0.1) is 0 Å². The Kier molecular flexibility index (Phi) is 6.68. The molecule has 0 aromatic heterocycles. The summed E-state index contributed by atoms with van der Waals surface area (Å²) in [7, 11) is 1.43. The maximum absolute atomic E-state index is 12.9. The largest absolute Gasteiger partial charge is 0.496 e. The molecule has 2 atom stereocenters. The van der Waals surface area contributed by atoms with Gasteiger partial charge in [-0.1, -0.05) is 18.2 Å². The van der Waals surface area contributed by atoms with Crippen LogP contribution in [0.15, 0.2) is 42.5 Å². The summed E-state index contributed by atoms with van der Waals surface area (Å²) in [5, 5.41) is 0. The maximum atomic E-state index is 12.9. The zero-order valence-corrected chi connectivity index (χ0v) is 19.6. The van der Waals surface area contributed by atoms with Gasteiger partial charge >= 0.3 is 5.97 Å². The van der Waals surface area contributed by atoms with Crippen molar-refractivity contribution in [3.8, 4) is 5.75 Å². The molecule has 3 amide bonds. The van der Waals surface area contributed by atoms with Crippen LogP contribution in [-0.2, 0) is 16.1 Å². The first kappa shape index (κ1) is 23.5. The van der Waals surface area contributed by atoms with E-state index in [0.717, 1.165) is 24.2 Å². The van der Waals surface area contributed by atoms with Gasteiger partial charge in [0.1, 0.15) is 11.3 Å². The Bertz CT molecular complexity index is 1100. The van der Waals surface area contributed by atoms with E-state index < -0.39 is 5.97 Å². The average molecular weight is 465 g/mol. The van der Waals surface area contributed by atoms with Crippen LogP contribution in [0.4, 0.5) is 0 Å². The first-order valence-electron chi connectivity index (χ1n) is 11.4. The first-order valence-corrected chi connectivity index (χ1v) is 11.4. The van der Waals surface area contributed by atoms with E-state index in [0.29, 0.717) is 16.7 Å². The fourth-order valence-electron chi connectivity index (χ4n) is 4.77. The highest BCUT2D eigenvalue weighted by Crippen LogP contribution is 2.27. The first-order chi connectivity index (χ1) is 16.3. The van der Waals surface area contributed by atoms with E-state index in [1.807, 2.05) is 13.8 Å². The summed E-state index contributed by atoms with van der Waals surface area (Å²) >= 11 is 0. The maximum Gasteiger partial charge on any atom is 0.342 e. The van der Waals surface area contributed by atoms with Gasteiger partial charge in [-0.05, 0) is 62.9 Å². The Hall–Kier alpha value is -3.68. The lowest BCUT2D eigenvalue weighted by Gasteiger charge is -2.38. The zero-order chi connectivity index (χ0) is 24.4. The molecule has 0 N–H and O–H groups in total. The smallest absolute Gasteiger partial charge is 0.342 e. The molecule has 2 aromatic carbocycles. The van der Waals surface area contributed by atoms with Gasteiger partial charge in [0.15, 0.2) is 6.61 Å². The second-order valence-electron chi connectivity index (χ2n) is 8.78. The number of carbonyl (C=O) groups excluding carboxylic acids is 4. The zero-order valence-electron chi connectivity index (χ0n) is 19.6. The van der Waals surface area contributed by atoms with Crippen molar-refractivity contribution in [1.82, 2.24) is 9.80 Å². The Morgan fingerprint density at radius 1 is 0.971 bits per heavy atom. The highest BCUT2D eigenvalue weighted by atomic mass is 16.5. The fraction of sp³-hybridized carbons (Fsp3) is 0.385. The molecule has 0 unspecified atom stereocenters. The number of esters is 1. The monoisotopic (exact) mass is 464 g/mol. The fourth-order valence-corrected chi connectivity index (χ4v) is 4.77. The van der Waals surface area contributed by atoms with Gasteiger partial charge in [-0.3, -0.25) is 19.3 Å². The van der Waals surface area contributed by atoms with Crippen molar-refractivity contribution in [2.24, 2.45) is 0 Å². The molecular formula is C26H28N2O6. The number of rotatable bonds is 6. The number of nitrogens with zero attached hydrogens (tertiary/aromatic N) is 2. The molecule has 1 fully saturated rings. The predicted molar refractivity (Wildman–Crippen MR) is 124 cm³/mol. The third-order valence-corrected chi connectivity index (χ3v) is 6.51. The minimum Gasteiger partial charge on any atom is -0.496 e. The standard InChI is InChI=1S/C26H28N2O6/c1-16-7-6-8-17(2)28(16)23(29)15-34-26(32)21-13-18(11-12-22(21)33-3)14-27-24(30)19-9-4-5-10-20(19)25(27)31/h4-5,9-13,16-17H,6-8,14-15H2,1-3H3/t16-,17+. The van der Waals surface area contributed by atoms with Gasteiger partial charge in [0.25, 0.3) is 17.7 Å². The molecule has 4 rings (SSSR count). The van der Waals surface area contributed by atoms with Gasteiger partial charge < -0.3 is 14.4 Å². The van der Waals surface area contributed by atoms with Gasteiger partial charge in [0.05, 0.1) is 24.8 Å². The number of piperidine rings is 1. The Labute approximate surface area is 198 Å². The van der Waals surface area contributed by atoms with Crippen LogP contribution in [0, 0.1) is 0 Å². The van der Waals surface area contributed by atoms with Crippen molar-refractivity contribution in [1.29, 1.82) is 0 Å². The van der Waals surface area contributed by atoms with Crippen molar-refractivity contribution in [3.63, 3.8) is 0 Å². The van der Waals surface area contributed by atoms with Gasteiger partial charge in [-0.25, -0.2) is 4.79 Å². The summed E-state index contributed by atoms with van der Waals surface area (Å²) in [6, 6.07) is 11.7. The Balaban J connectivity index is 1.47. The minimum absolute atomic E-state index is 0.00163. The number of ether oxygens (including phenoxy) is 2. The number of imide groups is 1. The van der Waals surface area contributed by atoms with Crippen LogP contribution in [0.5, 0.6) is 5.75 Å². The summed E-state index contributed by atoms with van der Waals surface area (Å²) in [6.07, 6.45) is 2.93. The number of methoxy groups -OCH3 is 1. The quantitative estimate of drug-likeness (QED) is 0.480. The summed E-state index contributed by atoms with van der Waals surface area (Å²) < 4.78 is 10.6. The van der Waals surface area contributed by atoms with Crippen LogP contribution < -0.4 is 4.74 Å². The van der Waals surface area contributed by atoms with E-state index >= 15 is 0 Å². The molecular weight excluding hydrogens is 436 g/mol. The van der Waals surface area contributed by atoms with E-state index in [4.69, 9.17) is 9.47 Å². The highest BCUT2D eigenvalue weighted by Gasteiger charge is 2.35. The third-order valence-electron chi connectivity index (χ3n) is 6.51. The van der Waals surface area contributed by atoms with Crippen LogP contribution >= 0.6 is 0 Å². The van der Waals surface area contributed by atoms with Crippen molar-refractivity contribution in [2.45, 2.75) is 51.7 Å².